The van der Waals surface area contributed by atoms with Crippen molar-refractivity contribution in [1.82, 2.24) is 5.32 Å². The van der Waals surface area contributed by atoms with Crippen LogP contribution >= 0.6 is 11.6 Å². The van der Waals surface area contributed by atoms with E-state index in [1.54, 1.807) is 14.2 Å². The molecule has 1 rings (SSSR count). The maximum Gasteiger partial charge on any atom is 0.188 e. The van der Waals surface area contributed by atoms with Gasteiger partial charge in [0.2, 0.25) is 0 Å². The Balaban J connectivity index is 2.81. The second-order valence-electron chi connectivity index (χ2n) is 3.84. The van der Waals surface area contributed by atoms with Crippen molar-refractivity contribution in [2.45, 2.75) is 19.9 Å². The monoisotopic (exact) mass is 273 g/mol. The molecule has 0 bridgehead atoms. The second kappa shape index (κ2) is 8.19. The van der Waals surface area contributed by atoms with E-state index in [9.17, 15) is 0 Å². The van der Waals surface area contributed by atoms with Gasteiger partial charge < -0.3 is 19.5 Å². The zero-order valence-electron chi connectivity index (χ0n) is 11.1. The summed E-state index contributed by atoms with van der Waals surface area (Å²) in [5.74, 6) is 1.13. The molecule has 0 aliphatic rings. The first-order valence-corrected chi connectivity index (χ1v) is 6.29. The van der Waals surface area contributed by atoms with E-state index in [1.807, 2.05) is 12.1 Å². The van der Waals surface area contributed by atoms with Crippen molar-refractivity contribution in [3.8, 4) is 11.5 Å². The first kappa shape index (κ1) is 15.1. The van der Waals surface area contributed by atoms with Gasteiger partial charge in [-0.3, -0.25) is 0 Å². The van der Waals surface area contributed by atoms with Crippen molar-refractivity contribution < 1.29 is 14.2 Å². The molecule has 0 fully saturated rings. The van der Waals surface area contributed by atoms with E-state index in [1.165, 1.54) is 0 Å². The predicted molar refractivity (Wildman–Crippen MR) is 72.5 cm³/mol. The summed E-state index contributed by atoms with van der Waals surface area (Å²) in [6, 6.07) is 3.79. The molecule has 1 aromatic carbocycles. The van der Waals surface area contributed by atoms with E-state index < -0.39 is 0 Å². The maximum atomic E-state index is 6.17. The highest BCUT2D eigenvalue weighted by Crippen LogP contribution is 2.36. The first-order valence-electron chi connectivity index (χ1n) is 5.91. The van der Waals surface area contributed by atoms with Gasteiger partial charge in [-0.2, -0.15) is 0 Å². The minimum absolute atomic E-state index is 0.142. The van der Waals surface area contributed by atoms with Gasteiger partial charge in [0.15, 0.2) is 18.3 Å². The van der Waals surface area contributed by atoms with Crippen LogP contribution in [0.25, 0.3) is 0 Å². The van der Waals surface area contributed by atoms with Crippen LogP contribution in [0.5, 0.6) is 11.5 Å². The lowest BCUT2D eigenvalue weighted by Crippen LogP contribution is -2.14. The molecule has 102 valence electrons. The Morgan fingerprint density at radius 3 is 2.67 bits per heavy atom. The van der Waals surface area contributed by atoms with Gasteiger partial charge in [0.05, 0.1) is 12.1 Å². The molecule has 0 aliphatic heterocycles. The van der Waals surface area contributed by atoms with E-state index in [-0.39, 0.29) is 6.79 Å². The van der Waals surface area contributed by atoms with Crippen LogP contribution in [-0.4, -0.2) is 27.6 Å². The third kappa shape index (κ3) is 4.37. The molecule has 5 heteroatoms. The number of halogens is 1. The van der Waals surface area contributed by atoms with Gasteiger partial charge in [-0.25, -0.2) is 0 Å². The van der Waals surface area contributed by atoms with E-state index >= 15 is 0 Å². The Bertz CT molecular complexity index is 371. The van der Waals surface area contributed by atoms with Gasteiger partial charge in [0, 0.05) is 13.7 Å². The fraction of sp³-hybridized carbons (Fsp3) is 0.538. The molecule has 1 aromatic rings. The van der Waals surface area contributed by atoms with Gasteiger partial charge in [-0.15, -0.1) is 0 Å². The molecule has 0 saturated carbocycles. The Morgan fingerprint density at radius 1 is 1.28 bits per heavy atom. The molecule has 0 radical (unpaired) electrons. The topological polar surface area (TPSA) is 39.7 Å². The molecular weight excluding hydrogens is 254 g/mol. The van der Waals surface area contributed by atoms with Crippen LogP contribution in [0.4, 0.5) is 0 Å². The average Bonchev–Trinajstić information content (AvgIpc) is 2.37. The molecular formula is C13H20ClNO3. The first-order chi connectivity index (χ1) is 8.72. The molecule has 0 atom stereocenters. The number of hydrogen-bond acceptors (Lipinski definition) is 4. The van der Waals surface area contributed by atoms with Crippen molar-refractivity contribution in [3.05, 3.63) is 22.7 Å². The summed E-state index contributed by atoms with van der Waals surface area (Å²) in [5.41, 5.74) is 1.06. The highest BCUT2D eigenvalue weighted by Gasteiger charge is 2.11. The van der Waals surface area contributed by atoms with Gasteiger partial charge in [0.25, 0.3) is 0 Å². The zero-order chi connectivity index (χ0) is 13.4. The second-order valence-corrected chi connectivity index (χ2v) is 4.24. The fourth-order valence-electron chi connectivity index (χ4n) is 1.54. The van der Waals surface area contributed by atoms with Crippen LogP contribution in [0.3, 0.4) is 0 Å². The van der Waals surface area contributed by atoms with E-state index in [2.05, 4.69) is 12.2 Å². The summed E-state index contributed by atoms with van der Waals surface area (Å²) in [7, 11) is 3.15. The number of rotatable bonds is 8. The lowest BCUT2D eigenvalue weighted by Gasteiger charge is -2.13. The standard InChI is InChI=1S/C13H20ClNO3/c1-4-5-15-8-10-6-11(14)13(18-9-16-2)12(7-10)17-3/h6-7,15H,4-5,8-9H2,1-3H3. The average molecular weight is 274 g/mol. The summed E-state index contributed by atoms with van der Waals surface area (Å²) < 4.78 is 15.5. The molecule has 1 N–H and O–H groups in total. The molecule has 0 amide bonds. The van der Waals surface area contributed by atoms with Crippen molar-refractivity contribution in [2.24, 2.45) is 0 Å². The predicted octanol–water partition coefficient (Wildman–Crippen LogP) is 2.83. The van der Waals surface area contributed by atoms with Gasteiger partial charge in [-0.1, -0.05) is 18.5 Å². The van der Waals surface area contributed by atoms with Crippen LogP contribution in [0.15, 0.2) is 12.1 Å². The Morgan fingerprint density at radius 2 is 2.06 bits per heavy atom. The zero-order valence-corrected chi connectivity index (χ0v) is 11.8. The number of benzene rings is 1. The Labute approximate surface area is 113 Å². The lowest BCUT2D eigenvalue weighted by atomic mass is 10.2. The number of ether oxygens (including phenoxy) is 3. The largest absolute Gasteiger partial charge is 0.493 e. The SMILES string of the molecule is CCCNCc1cc(Cl)c(OCOC)c(OC)c1. The summed E-state index contributed by atoms with van der Waals surface area (Å²) in [6.07, 6.45) is 1.10. The van der Waals surface area contributed by atoms with Gasteiger partial charge in [0.1, 0.15) is 0 Å². The van der Waals surface area contributed by atoms with Crippen LogP contribution < -0.4 is 14.8 Å². The van der Waals surface area contributed by atoms with Crippen molar-refractivity contribution >= 4 is 11.6 Å². The number of methoxy groups -OCH3 is 2. The van der Waals surface area contributed by atoms with E-state index in [0.717, 1.165) is 25.1 Å². The molecule has 0 saturated heterocycles. The van der Waals surface area contributed by atoms with Crippen molar-refractivity contribution in [1.29, 1.82) is 0 Å². The summed E-state index contributed by atoms with van der Waals surface area (Å²) in [5, 5.41) is 3.84. The van der Waals surface area contributed by atoms with Gasteiger partial charge >= 0.3 is 0 Å². The van der Waals surface area contributed by atoms with E-state index in [0.29, 0.717) is 16.5 Å². The van der Waals surface area contributed by atoms with Crippen LogP contribution in [0, 0.1) is 0 Å². The quantitative estimate of drug-likeness (QED) is 0.584. The summed E-state index contributed by atoms with van der Waals surface area (Å²) in [4.78, 5) is 0. The molecule has 0 unspecified atom stereocenters. The highest BCUT2D eigenvalue weighted by molar-refractivity contribution is 6.32. The minimum Gasteiger partial charge on any atom is -0.493 e. The number of hydrogen-bond donors (Lipinski definition) is 1. The number of nitrogens with one attached hydrogen (secondary N) is 1. The summed E-state index contributed by atoms with van der Waals surface area (Å²) >= 11 is 6.17. The van der Waals surface area contributed by atoms with Crippen LogP contribution in [-0.2, 0) is 11.3 Å². The Kier molecular flexibility index (Phi) is 6.86. The minimum atomic E-state index is 0.142. The van der Waals surface area contributed by atoms with E-state index in [4.69, 9.17) is 25.8 Å². The molecule has 0 spiro atoms. The van der Waals surface area contributed by atoms with Crippen molar-refractivity contribution in [2.75, 3.05) is 27.6 Å². The fourth-order valence-corrected chi connectivity index (χ4v) is 1.83. The molecule has 0 aromatic heterocycles. The van der Waals surface area contributed by atoms with Crippen LogP contribution in [0.1, 0.15) is 18.9 Å². The molecule has 4 nitrogen and oxygen atoms in total. The maximum absolute atomic E-state index is 6.17. The molecule has 18 heavy (non-hydrogen) atoms. The normalized spacial score (nSPS) is 10.4. The molecule has 0 heterocycles. The highest BCUT2D eigenvalue weighted by atomic mass is 35.5. The smallest absolute Gasteiger partial charge is 0.188 e. The van der Waals surface area contributed by atoms with Gasteiger partial charge in [-0.05, 0) is 30.7 Å². The van der Waals surface area contributed by atoms with Crippen LogP contribution in [0.2, 0.25) is 5.02 Å². The third-order valence-corrected chi connectivity index (χ3v) is 2.65. The third-order valence-electron chi connectivity index (χ3n) is 2.37. The molecule has 0 aliphatic carbocycles. The lowest BCUT2D eigenvalue weighted by molar-refractivity contribution is 0.0492. The van der Waals surface area contributed by atoms with Crippen molar-refractivity contribution in [3.63, 3.8) is 0 Å². The Hall–Kier alpha value is -0.970. The summed E-state index contributed by atoms with van der Waals surface area (Å²) in [6.45, 7) is 4.00.